The number of ether oxygens (including phenoxy) is 1. The lowest BCUT2D eigenvalue weighted by molar-refractivity contribution is 0.232. The molecule has 0 saturated heterocycles. The van der Waals surface area contributed by atoms with Gasteiger partial charge < -0.3 is 10.1 Å². The van der Waals surface area contributed by atoms with Crippen molar-refractivity contribution < 1.29 is 9.13 Å². The van der Waals surface area contributed by atoms with E-state index in [1.54, 1.807) is 23.0 Å². The first-order valence-corrected chi connectivity index (χ1v) is 8.49. The van der Waals surface area contributed by atoms with Crippen LogP contribution in [0, 0.1) is 5.82 Å². The SMILES string of the molecule is CC(C)Oc1cc(-n2cnc3ccc(NCc4ccc(F)cn4)nc32)[nH]n1. The second-order valence-corrected chi connectivity index (χ2v) is 6.23. The smallest absolute Gasteiger partial charge is 0.234 e. The molecule has 0 bridgehead atoms. The summed E-state index contributed by atoms with van der Waals surface area (Å²) < 4.78 is 20.3. The second kappa shape index (κ2) is 7.02. The first-order chi connectivity index (χ1) is 13.1. The summed E-state index contributed by atoms with van der Waals surface area (Å²) in [7, 11) is 0. The predicted molar refractivity (Wildman–Crippen MR) is 98.3 cm³/mol. The molecule has 0 aliphatic heterocycles. The molecule has 0 saturated carbocycles. The fourth-order valence-electron chi connectivity index (χ4n) is 2.58. The summed E-state index contributed by atoms with van der Waals surface area (Å²) in [5.74, 6) is 1.52. The van der Waals surface area contributed by atoms with Crippen molar-refractivity contribution in [2.75, 3.05) is 5.32 Å². The minimum Gasteiger partial charge on any atom is -0.474 e. The van der Waals surface area contributed by atoms with E-state index >= 15 is 0 Å². The third-order valence-corrected chi connectivity index (χ3v) is 3.79. The van der Waals surface area contributed by atoms with Crippen LogP contribution in [-0.4, -0.2) is 35.8 Å². The highest BCUT2D eigenvalue weighted by Crippen LogP contribution is 2.20. The summed E-state index contributed by atoms with van der Waals surface area (Å²) in [4.78, 5) is 13.0. The molecule has 0 spiro atoms. The lowest BCUT2D eigenvalue weighted by Crippen LogP contribution is -2.05. The van der Waals surface area contributed by atoms with Gasteiger partial charge in [0.2, 0.25) is 5.88 Å². The number of pyridine rings is 2. The molecule has 4 aromatic heterocycles. The van der Waals surface area contributed by atoms with Gasteiger partial charge in [-0.3, -0.25) is 14.6 Å². The molecule has 4 heterocycles. The van der Waals surface area contributed by atoms with Gasteiger partial charge in [0.1, 0.15) is 29.3 Å². The molecule has 4 rings (SSSR count). The Balaban J connectivity index is 1.57. The molecule has 0 aliphatic rings. The van der Waals surface area contributed by atoms with Crippen LogP contribution in [0.4, 0.5) is 10.2 Å². The third kappa shape index (κ3) is 3.71. The second-order valence-electron chi connectivity index (χ2n) is 6.23. The van der Waals surface area contributed by atoms with E-state index in [1.807, 2.05) is 26.0 Å². The van der Waals surface area contributed by atoms with Crippen LogP contribution in [0.25, 0.3) is 17.0 Å². The molecule has 2 N–H and O–H groups in total. The first kappa shape index (κ1) is 17.0. The predicted octanol–water partition coefficient (Wildman–Crippen LogP) is 3.08. The zero-order chi connectivity index (χ0) is 18.8. The monoisotopic (exact) mass is 367 g/mol. The number of fused-ring (bicyclic) bond motifs is 1. The molecule has 0 amide bonds. The van der Waals surface area contributed by atoms with Gasteiger partial charge in [-0.2, -0.15) is 0 Å². The molecule has 9 heteroatoms. The topological polar surface area (TPSA) is 93.5 Å². The van der Waals surface area contributed by atoms with E-state index in [0.717, 1.165) is 11.2 Å². The van der Waals surface area contributed by atoms with Gasteiger partial charge in [-0.1, -0.05) is 0 Å². The van der Waals surface area contributed by atoms with E-state index in [9.17, 15) is 4.39 Å². The first-order valence-electron chi connectivity index (χ1n) is 8.49. The summed E-state index contributed by atoms with van der Waals surface area (Å²) in [6, 6.07) is 8.52. The van der Waals surface area contributed by atoms with Gasteiger partial charge in [-0.15, -0.1) is 5.10 Å². The zero-order valence-corrected chi connectivity index (χ0v) is 14.8. The van der Waals surface area contributed by atoms with E-state index in [1.165, 1.54) is 12.3 Å². The molecule has 0 fully saturated rings. The molecule has 138 valence electrons. The van der Waals surface area contributed by atoms with Crippen LogP contribution < -0.4 is 10.1 Å². The van der Waals surface area contributed by atoms with E-state index < -0.39 is 0 Å². The lowest BCUT2D eigenvalue weighted by Gasteiger charge is -2.06. The Morgan fingerprint density at radius 3 is 2.89 bits per heavy atom. The molecular weight excluding hydrogens is 349 g/mol. The largest absolute Gasteiger partial charge is 0.474 e. The molecule has 4 aromatic rings. The Kier molecular flexibility index (Phi) is 4.41. The Morgan fingerprint density at radius 1 is 1.22 bits per heavy atom. The number of aromatic nitrogens is 6. The Morgan fingerprint density at radius 2 is 2.11 bits per heavy atom. The summed E-state index contributed by atoms with van der Waals surface area (Å²) in [6.07, 6.45) is 2.91. The van der Waals surface area contributed by atoms with Crippen LogP contribution in [0.5, 0.6) is 5.88 Å². The maximum absolute atomic E-state index is 12.9. The van der Waals surface area contributed by atoms with Crippen LogP contribution in [0.1, 0.15) is 19.5 Å². The number of nitrogens with one attached hydrogen (secondary N) is 2. The van der Waals surface area contributed by atoms with Crippen molar-refractivity contribution in [3.05, 3.63) is 54.4 Å². The van der Waals surface area contributed by atoms with Crippen LogP contribution in [0.2, 0.25) is 0 Å². The summed E-state index contributed by atoms with van der Waals surface area (Å²) in [6.45, 7) is 4.32. The number of hydrogen-bond donors (Lipinski definition) is 2. The number of halogens is 1. The Hall–Kier alpha value is -3.49. The van der Waals surface area contributed by atoms with E-state index in [-0.39, 0.29) is 11.9 Å². The van der Waals surface area contributed by atoms with Gasteiger partial charge in [0.25, 0.3) is 0 Å². The van der Waals surface area contributed by atoms with E-state index in [4.69, 9.17) is 4.74 Å². The molecule has 0 atom stereocenters. The van der Waals surface area contributed by atoms with Crippen molar-refractivity contribution in [3.63, 3.8) is 0 Å². The lowest BCUT2D eigenvalue weighted by atomic mass is 10.3. The number of rotatable bonds is 6. The van der Waals surface area contributed by atoms with E-state index in [2.05, 4.69) is 30.5 Å². The normalized spacial score (nSPS) is 11.3. The number of anilines is 1. The molecule has 0 aromatic carbocycles. The number of hydrogen-bond acceptors (Lipinski definition) is 6. The maximum atomic E-state index is 12.9. The highest BCUT2D eigenvalue weighted by Gasteiger charge is 2.11. The Bertz CT molecular complexity index is 1060. The molecular formula is C18H18FN7O. The molecule has 0 radical (unpaired) electrons. The minimum absolute atomic E-state index is 0.0367. The van der Waals surface area contributed by atoms with Crippen molar-refractivity contribution in [1.29, 1.82) is 0 Å². The minimum atomic E-state index is -0.359. The quantitative estimate of drug-likeness (QED) is 0.544. The van der Waals surface area contributed by atoms with Crippen molar-refractivity contribution in [2.24, 2.45) is 0 Å². The van der Waals surface area contributed by atoms with Gasteiger partial charge >= 0.3 is 0 Å². The maximum Gasteiger partial charge on any atom is 0.234 e. The van der Waals surface area contributed by atoms with Crippen LogP contribution >= 0.6 is 0 Å². The number of aromatic amines is 1. The molecule has 0 unspecified atom stereocenters. The van der Waals surface area contributed by atoms with Crippen molar-refractivity contribution in [3.8, 4) is 11.7 Å². The van der Waals surface area contributed by atoms with Crippen molar-refractivity contribution in [1.82, 2.24) is 29.7 Å². The van der Waals surface area contributed by atoms with Gasteiger partial charge in [-0.25, -0.2) is 14.4 Å². The fourth-order valence-corrected chi connectivity index (χ4v) is 2.58. The standard InChI is InChI=1S/C18H18FN7O/c1-11(2)27-17-7-16(24-25-17)26-10-22-14-5-6-15(23-18(14)26)21-9-13-4-3-12(19)8-20-13/h3-8,10-11H,9H2,1-2H3,(H,21,23)(H,24,25). The fraction of sp³-hybridized carbons (Fsp3) is 0.222. The van der Waals surface area contributed by atoms with Crippen LogP contribution in [-0.2, 0) is 6.54 Å². The van der Waals surface area contributed by atoms with Crippen LogP contribution in [0.15, 0.2) is 42.9 Å². The number of nitrogens with zero attached hydrogens (tertiary/aromatic N) is 5. The van der Waals surface area contributed by atoms with Gasteiger partial charge in [0, 0.05) is 6.07 Å². The van der Waals surface area contributed by atoms with Gasteiger partial charge in [0.05, 0.1) is 24.5 Å². The average Bonchev–Trinajstić information content (AvgIpc) is 3.27. The van der Waals surface area contributed by atoms with Gasteiger partial charge in [-0.05, 0) is 38.1 Å². The van der Waals surface area contributed by atoms with E-state index in [0.29, 0.717) is 29.7 Å². The van der Waals surface area contributed by atoms with Crippen molar-refractivity contribution in [2.45, 2.75) is 26.5 Å². The van der Waals surface area contributed by atoms with Gasteiger partial charge in [0.15, 0.2) is 5.65 Å². The zero-order valence-electron chi connectivity index (χ0n) is 14.8. The molecule has 0 aliphatic carbocycles. The summed E-state index contributed by atoms with van der Waals surface area (Å²) in [5, 5.41) is 10.3. The molecule has 27 heavy (non-hydrogen) atoms. The number of H-pyrrole nitrogens is 1. The van der Waals surface area contributed by atoms with Crippen LogP contribution in [0.3, 0.4) is 0 Å². The third-order valence-electron chi connectivity index (χ3n) is 3.79. The summed E-state index contributed by atoms with van der Waals surface area (Å²) >= 11 is 0. The molecule has 8 nitrogen and oxygen atoms in total. The summed E-state index contributed by atoms with van der Waals surface area (Å²) in [5.41, 5.74) is 2.14. The number of imidazole rings is 1. The highest BCUT2D eigenvalue weighted by atomic mass is 19.1. The Labute approximate surface area is 154 Å². The highest BCUT2D eigenvalue weighted by molar-refractivity contribution is 5.74. The van der Waals surface area contributed by atoms with Crippen molar-refractivity contribution >= 4 is 17.0 Å². The average molecular weight is 367 g/mol.